The first-order valence-electron chi connectivity index (χ1n) is 4.76. The molecule has 0 atom stereocenters. The van der Waals surface area contributed by atoms with E-state index in [0.717, 1.165) is 0 Å². The lowest BCUT2D eigenvalue weighted by atomic mass is 10.1. The van der Waals surface area contributed by atoms with Crippen molar-refractivity contribution >= 4 is 10.9 Å². The zero-order valence-electron chi connectivity index (χ0n) is 8.41. The van der Waals surface area contributed by atoms with Crippen LogP contribution in [-0.2, 0) is 0 Å². The molecule has 1 heteroatoms. The van der Waals surface area contributed by atoms with E-state index in [0.29, 0.717) is 6.04 Å². The molecule has 0 saturated heterocycles. The molecule has 1 heterocycles. The van der Waals surface area contributed by atoms with Crippen LogP contribution in [0.5, 0.6) is 0 Å². The van der Waals surface area contributed by atoms with E-state index >= 15 is 0 Å². The Hall–Kier alpha value is -1.24. The Morgan fingerprint density at radius 2 is 1.92 bits per heavy atom. The number of nitrogens with zero attached hydrogens (tertiary/aromatic N) is 1. The van der Waals surface area contributed by atoms with E-state index < -0.39 is 0 Å². The first-order valence-corrected chi connectivity index (χ1v) is 4.76. The monoisotopic (exact) mass is 173 g/mol. The third-order valence-electron chi connectivity index (χ3n) is 2.54. The summed E-state index contributed by atoms with van der Waals surface area (Å²) in [5.41, 5.74) is 2.70. The van der Waals surface area contributed by atoms with Crippen molar-refractivity contribution in [2.24, 2.45) is 0 Å². The maximum Gasteiger partial charge on any atom is 0.0485 e. The van der Waals surface area contributed by atoms with E-state index in [1.54, 1.807) is 0 Å². The Morgan fingerprint density at radius 1 is 1.15 bits per heavy atom. The second-order valence-electron chi connectivity index (χ2n) is 3.82. The summed E-state index contributed by atoms with van der Waals surface area (Å²) in [4.78, 5) is 0. The standard InChI is InChI=1S/C12H15N/c1-9(2)13-8-7-11-10(3)5-4-6-12(11)13/h4-9H,1-3H3. The van der Waals surface area contributed by atoms with Crippen LogP contribution in [0.2, 0.25) is 0 Å². The summed E-state index contributed by atoms with van der Waals surface area (Å²) in [5.74, 6) is 0. The molecule has 1 nitrogen and oxygen atoms in total. The van der Waals surface area contributed by atoms with Crippen molar-refractivity contribution in [2.75, 3.05) is 0 Å². The molecule has 0 aliphatic carbocycles. The van der Waals surface area contributed by atoms with Crippen LogP contribution in [-0.4, -0.2) is 4.57 Å². The van der Waals surface area contributed by atoms with Gasteiger partial charge in [-0.2, -0.15) is 0 Å². The fourth-order valence-corrected chi connectivity index (χ4v) is 1.79. The smallest absolute Gasteiger partial charge is 0.0485 e. The molecule has 1 aromatic carbocycles. The molecule has 68 valence electrons. The largest absolute Gasteiger partial charge is 0.345 e. The van der Waals surface area contributed by atoms with Crippen LogP contribution in [0.3, 0.4) is 0 Å². The number of hydrogen-bond donors (Lipinski definition) is 0. The Morgan fingerprint density at radius 3 is 2.62 bits per heavy atom. The first kappa shape index (κ1) is 8.36. The third-order valence-corrected chi connectivity index (χ3v) is 2.54. The van der Waals surface area contributed by atoms with E-state index in [2.05, 4.69) is 55.8 Å². The topological polar surface area (TPSA) is 4.93 Å². The summed E-state index contributed by atoms with van der Waals surface area (Å²) >= 11 is 0. The number of aromatic nitrogens is 1. The van der Waals surface area contributed by atoms with Crippen LogP contribution < -0.4 is 0 Å². The van der Waals surface area contributed by atoms with Crippen LogP contribution in [0.4, 0.5) is 0 Å². The molecular weight excluding hydrogens is 158 g/mol. The van der Waals surface area contributed by atoms with Gasteiger partial charge in [-0.05, 0) is 38.5 Å². The molecule has 0 aliphatic heterocycles. The lowest BCUT2D eigenvalue weighted by Gasteiger charge is -2.09. The quantitative estimate of drug-likeness (QED) is 0.621. The molecule has 0 radical (unpaired) electrons. The minimum absolute atomic E-state index is 0.541. The molecule has 2 rings (SSSR count). The van der Waals surface area contributed by atoms with Crippen LogP contribution >= 0.6 is 0 Å². The van der Waals surface area contributed by atoms with Crippen molar-refractivity contribution < 1.29 is 0 Å². The molecule has 0 saturated carbocycles. The molecule has 0 spiro atoms. The summed E-state index contributed by atoms with van der Waals surface area (Å²) in [6.07, 6.45) is 2.17. The molecular formula is C12H15N. The Balaban J connectivity index is 2.75. The average molecular weight is 173 g/mol. The maximum atomic E-state index is 2.31. The molecule has 0 N–H and O–H groups in total. The van der Waals surface area contributed by atoms with Gasteiger partial charge in [0.1, 0.15) is 0 Å². The highest BCUT2D eigenvalue weighted by molar-refractivity contribution is 5.83. The van der Waals surface area contributed by atoms with Gasteiger partial charge < -0.3 is 4.57 Å². The highest BCUT2D eigenvalue weighted by Gasteiger charge is 2.04. The second-order valence-corrected chi connectivity index (χ2v) is 3.82. The molecule has 0 fully saturated rings. The van der Waals surface area contributed by atoms with Gasteiger partial charge in [0.15, 0.2) is 0 Å². The second kappa shape index (κ2) is 2.91. The van der Waals surface area contributed by atoms with Gasteiger partial charge in [-0.1, -0.05) is 12.1 Å². The Bertz CT molecular complexity index is 424. The molecule has 0 unspecified atom stereocenters. The van der Waals surface area contributed by atoms with Crippen molar-refractivity contribution in [1.29, 1.82) is 0 Å². The van der Waals surface area contributed by atoms with Gasteiger partial charge in [-0.15, -0.1) is 0 Å². The van der Waals surface area contributed by atoms with Crippen LogP contribution in [0, 0.1) is 6.92 Å². The summed E-state index contributed by atoms with van der Waals surface area (Å²) < 4.78 is 2.31. The summed E-state index contributed by atoms with van der Waals surface area (Å²) in [6, 6.07) is 9.20. The zero-order chi connectivity index (χ0) is 9.42. The number of rotatable bonds is 1. The van der Waals surface area contributed by atoms with Gasteiger partial charge >= 0.3 is 0 Å². The van der Waals surface area contributed by atoms with E-state index in [-0.39, 0.29) is 0 Å². The lowest BCUT2D eigenvalue weighted by molar-refractivity contribution is 0.623. The van der Waals surface area contributed by atoms with Crippen molar-refractivity contribution in [3.05, 3.63) is 36.0 Å². The molecule has 2 aromatic rings. The number of fused-ring (bicyclic) bond motifs is 1. The van der Waals surface area contributed by atoms with E-state index in [1.807, 2.05) is 0 Å². The van der Waals surface area contributed by atoms with Gasteiger partial charge in [0, 0.05) is 23.1 Å². The lowest BCUT2D eigenvalue weighted by Crippen LogP contribution is -1.97. The van der Waals surface area contributed by atoms with Crippen molar-refractivity contribution in [1.82, 2.24) is 4.57 Å². The third kappa shape index (κ3) is 1.24. The van der Waals surface area contributed by atoms with Crippen LogP contribution in [0.15, 0.2) is 30.5 Å². The van der Waals surface area contributed by atoms with Gasteiger partial charge in [-0.3, -0.25) is 0 Å². The summed E-state index contributed by atoms with van der Waals surface area (Å²) in [5, 5.41) is 1.37. The van der Waals surface area contributed by atoms with Gasteiger partial charge in [-0.25, -0.2) is 0 Å². The van der Waals surface area contributed by atoms with E-state index in [1.165, 1.54) is 16.5 Å². The van der Waals surface area contributed by atoms with Crippen LogP contribution in [0.1, 0.15) is 25.5 Å². The summed E-state index contributed by atoms with van der Waals surface area (Å²) in [6.45, 7) is 6.58. The molecule has 0 aliphatic rings. The van der Waals surface area contributed by atoms with Gasteiger partial charge in [0.2, 0.25) is 0 Å². The first-order chi connectivity index (χ1) is 6.20. The average Bonchev–Trinajstić information content (AvgIpc) is 2.48. The minimum Gasteiger partial charge on any atom is -0.345 e. The van der Waals surface area contributed by atoms with E-state index in [9.17, 15) is 0 Å². The fraction of sp³-hybridized carbons (Fsp3) is 0.333. The fourth-order valence-electron chi connectivity index (χ4n) is 1.79. The number of hydrogen-bond acceptors (Lipinski definition) is 0. The van der Waals surface area contributed by atoms with Crippen molar-refractivity contribution in [2.45, 2.75) is 26.8 Å². The Labute approximate surface area is 79.0 Å². The van der Waals surface area contributed by atoms with Crippen molar-refractivity contribution in [3.8, 4) is 0 Å². The zero-order valence-corrected chi connectivity index (χ0v) is 8.41. The molecule has 13 heavy (non-hydrogen) atoms. The molecule has 1 aromatic heterocycles. The highest BCUT2D eigenvalue weighted by atomic mass is 15.0. The number of benzene rings is 1. The molecule has 0 bridgehead atoms. The normalized spacial score (nSPS) is 11.4. The highest BCUT2D eigenvalue weighted by Crippen LogP contribution is 2.22. The Kier molecular flexibility index (Phi) is 1.87. The molecule has 0 amide bonds. The predicted octanol–water partition coefficient (Wildman–Crippen LogP) is 3.53. The van der Waals surface area contributed by atoms with Crippen LogP contribution in [0.25, 0.3) is 10.9 Å². The van der Waals surface area contributed by atoms with Gasteiger partial charge in [0.05, 0.1) is 0 Å². The SMILES string of the molecule is Cc1cccc2c1ccn2C(C)C. The number of aryl methyl sites for hydroxylation is 1. The predicted molar refractivity (Wildman–Crippen MR) is 57.1 cm³/mol. The summed E-state index contributed by atoms with van der Waals surface area (Å²) in [7, 11) is 0. The maximum absolute atomic E-state index is 2.31. The van der Waals surface area contributed by atoms with E-state index in [4.69, 9.17) is 0 Å². The van der Waals surface area contributed by atoms with Gasteiger partial charge in [0.25, 0.3) is 0 Å². The minimum atomic E-state index is 0.541. The van der Waals surface area contributed by atoms with Crippen molar-refractivity contribution in [3.63, 3.8) is 0 Å².